The molecule has 0 atom stereocenters. The molecule has 3 N–H and O–H groups in total. The Morgan fingerprint density at radius 1 is 1.26 bits per heavy atom. The van der Waals surface area contributed by atoms with Crippen LogP contribution in [0.25, 0.3) is 11.4 Å². The summed E-state index contributed by atoms with van der Waals surface area (Å²) in [7, 11) is -2.76. The van der Waals surface area contributed by atoms with Crippen LogP contribution in [0.1, 0.15) is 18.5 Å². The highest BCUT2D eigenvalue weighted by molar-refractivity contribution is 8.23. The number of ether oxygens (including phenoxy) is 1. The molecular weight excluding hydrogens is 418 g/mol. The van der Waals surface area contributed by atoms with Gasteiger partial charge in [0.25, 0.3) is 0 Å². The van der Waals surface area contributed by atoms with Crippen molar-refractivity contribution in [1.29, 1.82) is 5.26 Å². The second kappa shape index (κ2) is 8.43. The average Bonchev–Trinajstić information content (AvgIpc) is 3.55. The molecule has 2 fully saturated rings. The number of rotatable bonds is 6. The van der Waals surface area contributed by atoms with Crippen LogP contribution in [0.15, 0.2) is 30.3 Å². The molecule has 10 heteroatoms. The topological polar surface area (TPSA) is 132 Å². The van der Waals surface area contributed by atoms with E-state index in [2.05, 4.69) is 26.3 Å². The third-order valence-corrected chi connectivity index (χ3v) is 6.16. The zero-order chi connectivity index (χ0) is 22.1. The van der Waals surface area contributed by atoms with Crippen LogP contribution in [-0.4, -0.2) is 57.5 Å². The number of benzene rings is 1. The molecule has 1 aromatic heterocycles. The van der Waals surface area contributed by atoms with Gasteiger partial charge in [0.1, 0.15) is 11.2 Å². The summed E-state index contributed by atoms with van der Waals surface area (Å²) in [5, 5.41) is 12.0. The largest absolute Gasteiger partial charge is 0.378 e. The number of nitriles is 1. The predicted octanol–water partition coefficient (Wildman–Crippen LogP) is 3.10. The Bertz CT molecular complexity index is 1010. The van der Waals surface area contributed by atoms with Crippen molar-refractivity contribution < 1.29 is 18.6 Å². The molecule has 1 amide bonds. The number of anilines is 2. The number of morpholine rings is 1. The molecule has 1 saturated carbocycles. The molecule has 1 aliphatic carbocycles. The van der Waals surface area contributed by atoms with Crippen molar-refractivity contribution in [2.75, 3.05) is 42.8 Å². The fourth-order valence-corrected chi connectivity index (χ4v) is 4.10. The third-order valence-electron chi connectivity index (χ3n) is 5.32. The van der Waals surface area contributed by atoms with Crippen molar-refractivity contribution in [3.8, 4) is 17.5 Å². The number of amides is 1. The minimum Gasteiger partial charge on any atom is -0.378 e. The average molecular weight is 444 g/mol. The van der Waals surface area contributed by atoms with Crippen LogP contribution in [0.2, 0.25) is 0 Å². The van der Waals surface area contributed by atoms with Crippen LogP contribution in [-0.2, 0) is 15.3 Å². The normalized spacial score (nSPS) is 18.2. The highest BCUT2D eigenvalue weighted by Gasteiger charge is 2.50. The van der Waals surface area contributed by atoms with Crippen molar-refractivity contribution in [3.63, 3.8) is 0 Å². The smallest absolute Gasteiger partial charge is 0.244 e. The third kappa shape index (κ3) is 5.14. The first-order valence-corrected chi connectivity index (χ1v) is 12.2. The second-order valence-corrected chi connectivity index (χ2v) is 10.3. The summed E-state index contributed by atoms with van der Waals surface area (Å²) in [5.74, 6) is 0.957. The van der Waals surface area contributed by atoms with E-state index in [1.54, 1.807) is 30.3 Å². The fourth-order valence-electron chi connectivity index (χ4n) is 3.39. The maximum atomic E-state index is 12.3. The number of nitrogens with zero attached hydrogens (tertiary/aromatic N) is 4. The maximum absolute atomic E-state index is 12.3. The van der Waals surface area contributed by atoms with Gasteiger partial charge in [0, 0.05) is 36.7 Å². The summed E-state index contributed by atoms with van der Waals surface area (Å²) in [4.78, 5) is 23.6. The van der Waals surface area contributed by atoms with Gasteiger partial charge in [-0.2, -0.15) is 15.9 Å². The molecule has 0 bridgehead atoms. The Labute approximate surface area is 182 Å². The molecular formula is C21H25N5O4S. The summed E-state index contributed by atoms with van der Waals surface area (Å²) >= 11 is 0. The summed E-state index contributed by atoms with van der Waals surface area (Å²) in [5.41, 5.74) is 1.01. The van der Waals surface area contributed by atoms with E-state index < -0.39 is 16.0 Å². The number of aromatic nitrogens is 2. The van der Waals surface area contributed by atoms with Gasteiger partial charge >= 0.3 is 0 Å². The Morgan fingerprint density at radius 3 is 2.52 bits per heavy atom. The number of nitrogens with one attached hydrogen (secondary N) is 1. The van der Waals surface area contributed by atoms with Crippen LogP contribution in [0.4, 0.5) is 11.5 Å². The monoisotopic (exact) mass is 443 g/mol. The van der Waals surface area contributed by atoms with E-state index in [1.807, 2.05) is 0 Å². The van der Waals surface area contributed by atoms with Crippen molar-refractivity contribution in [3.05, 3.63) is 36.0 Å². The van der Waals surface area contributed by atoms with Gasteiger partial charge in [-0.25, -0.2) is 9.97 Å². The number of carbonyl (C=O) groups is 1. The van der Waals surface area contributed by atoms with Gasteiger partial charge in [-0.05, 0) is 37.1 Å². The number of carbonyl (C=O) groups excluding carboxylic acids is 1. The molecule has 9 nitrogen and oxygen atoms in total. The van der Waals surface area contributed by atoms with Crippen molar-refractivity contribution >= 4 is 28.0 Å². The molecule has 2 aromatic rings. The molecule has 1 aliphatic heterocycles. The minimum absolute atomic E-state index is 0.0459. The number of hydrogen-bond donors (Lipinski definition) is 3. The van der Waals surface area contributed by atoms with Gasteiger partial charge in [0.15, 0.2) is 5.82 Å². The second-order valence-electron chi connectivity index (χ2n) is 8.00. The zero-order valence-corrected chi connectivity index (χ0v) is 18.1. The number of hydrogen-bond acceptors (Lipinski definition) is 8. The van der Waals surface area contributed by atoms with Crippen LogP contribution >= 0.6 is 10.6 Å². The lowest BCUT2D eigenvalue weighted by molar-refractivity contribution is -0.119. The predicted molar refractivity (Wildman–Crippen MR) is 119 cm³/mol. The maximum Gasteiger partial charge on any atom is 0.244 e. The van der Waals surface area contributed by atoms with Gasteiger partial charge in [0.2, 0.25) is 5.91 Å². The van der Waals surface area contributed by atoms with Crippen molar-refractivity contribution in [2.24, 2.45) is 5.41 Å². The van der Waals surface area contributed by atoms with Gasteiger partial charge in [0.05, 0.1) is 30.7 Å². The highest BCUT2D eigenvalue weighted by Crippen LogP contribution is 2.45. The molecule has 1 saturated heterocycles. The zero-order valence-electron chi connectivity index (χ0n) is 17.2. The Kier molecular flexibility index (Phi) is 5.85. The van der Waals surface area contributed by atoms with Gasteiger partial charge in [-0.15, -0.1) is 0 Å². The summed E-state index contributed by atoms with van der Waals surface area (Å²) in [6.07, 6.45) is 2.58. The minimum atomic E-state index is -2.76. The molecule has 0 radical (unpaired) electrons. The first-order chi connectivity index (χ1) is 14.8. The van der Waals surface area contributed by atoms with Crippen LogP contribution in [0.5, 0.6) is 0 Å². The summed E-state index contributed by atoms with van der Waals surface area (Å²) in [6, 6.07) is 11.0. The molecule has 0 unspecified atom stereocenters. The van der Waals surface area contributed by atoms with Crippen molar-refractivity contribution in [2.45, 2.75) is 18.6 Å². The molecule has 4 rings (SSSR count). The standard InChI is InChI=1S/C21H25N5O4S/c1-31(28,29)13-17-12-18(26-8-10-30-11-9-26)25-19(23-17)15-2-4-16(5-3-15)24-20(27)21(14-22)6-7-21/h2-5,12,28-29H,6-11,13H2,1H3,(H,24,27). The summed E-state index contributed by atoms with van der Waals surface area (Å²) < 4.78 is 25.3. The fraction of sp³-hybridized carbons (Fsp3) is 0.429. The van der Waals surface area contributed by atoms with E-state index >= 15 is 0 Å². The SMILES string of the molecule is CS(O)(O)Cc1cc(N2CCOCC2)nc(-c2ccc(NC(=O)C3(C#N)CC3)cc2)n1. The Balaban J connectivity index is 1.59. The van der Waals surface area contributed by atoms with E-state index in [1.165, 1.54) is 6.26 Å². The van der Waals surface area contributed by atoms with E-state index in [9.17, 15) is 13.9 Å². The quantitative estimate of drug-likeness (QED) is 0.621. The van der Waals surface area contributed by atoms with Crippen molar-refractivity contribution in [1.82, 2.24) is 9.97 Å². The first kappa shape index (κ1) is 21.5. The Morgan fingerprint density at radius 2 is 1.94 bits per heavy atom. The van der Waals surface area contributed by atoms with Gasteiger partial charge in [-0.1, -0.05) is 0 Å². The molecule has 0 spiro atoms. The highest BCUT2D eigenvalue weighted by atomic mass is 32.3. The summed E-state index contributed by atoms with van der Waals surface area (Å²) in [6.45, 7) is 2.61. The lowest BCUT2D eigenvalue weighted by Crippen LogP contribution is -2.37. The molecule has 2 heterocycles. The van der Waals surface area contributed by atoms with Crippen LogP contribution in [0, 0.1) is 16.7 Å². The Hall–Kier alpha value is -2.71. The molecule has 31 heavy (non-hydrogen) atoms. The molecule has 2 aliphatic rings. The van der Waals surface area contributed by atoms with Crippen LogP contribution in [0.3, 0.4) is 0 Å². The molecule has 164 valence electrons. The first-order valence-electron chi connectivity index (χ1n) is 10.0. The molecule has 1 aromatic carbocycles. The van der Waals surface area contributed by atoms with E-state index in [4.69, 9.17) is 10.00 Å². The van der Waals surface area contributed by atoms with Gasteiger partial charge < -0.3 is 15.0 Å². The van der Waals surface area contributed by atoms with Crippen LogP contribution < -0.4 is 10.2 Å². The van der Waals surface area contributed by atoms with E-state index in [0.29, 0.717) is 62.2 Å². The van der Waals surface area contributed by atoms with Gasteiger partial charge in [-0.3, -0.25) is 13.9 Å². The van der Waals surface area contributed by atoms with E-state index in [0.717, 1.165) is 5.56 Å². The lowest BCUT2D eigenvalue weighted by atomic mass is 10.1. The lowest BCUT2D eigenvalue weighted by Gasteiger charge is -2.30. The van der Waals surface area contributed by atoms with E-state index in [-0.39, 0.29) is 11.7 Å².